The second-order valence-electron chi connectivity index (χ2n) is 6.30. The predicted molar refractivity (Wildman–Crippen MR) is 102 cm³/mol. The summed E-state index contributed by atoms with van der Waals surface area (Å²) >= 11 is 5.85. The summed E-state index contributed by atoms with van der Waals surface area (Å²) in [6.07, 6.45) is 1.47. The van der Waals surface area contributed by atoms with Crippen LogP contribution < -0.4 is 5.56 Å². The number of halogens is 2. The summed E-state index contributed by atoms with van der Waals surface area (Å²) in [5.74, 6) is -1.21. The molecule has 4 nitrogen and oxygen atoms in total. The van der Waals surface area contributed by atoms with E-state index < -0.39 is 11.7 Å². The molecule has 0 aliphatic carbocycles. The topological polar surface area (TPSA) is 59.3 Å². The first-order valence-electron chi connectivity index (χ1n) is 8.29. The second-order valence-corrected chi connectivity index (χ2v) is 6.74. The highest BCUT2D eigenvalue weighted by Gasteiger charge is 2.22. The molecule has 138 valence electrons. The SMILES string of the molecule is Cn1cc(C(=O)CC(c2ccc(O)cc2)c2ccc(Cl)cc2F)ccc1=O. The molecule has 1 N–H and O–H groups in total. The smallest absolute Gasteiger partial charge is 0.250 e. The molecule has 2 aromatic carbocycles. The molecule has 1 atom stereocenters. The Hall–Kier alpha value is -2.92. The lowest BCUT2D eigenvalue weighted by atomic mass is 9.85. The van der Waals surface area contributed by atoms with Crippen LogP contribution in [0.25, 0.3) is 0 Å². The number of hydrogen-bond acceptors (Lipinski definition) is 3. The number of aromatic hydroxyl groups is 1. The summed E-state index contributed by atoms with van der Waals surface area (Å²) in [6.45, 7) is 0. The Morgan fingerprint density at radius 2 is 1.85 bits per heavy atom. The molecule has 1 aromatic heterocycles. The zero-order valence-electron chi connectivity index (χ0n) is 14.5. The molecule has 0 radical (unpaired) electrons. The summed E-state index contributed by atoms with van der Waals surface area (Å²) < 4.78 is 15.9. The first-order chi connectivity index (χ1) is 12.8. The highest BCUT2D eigenvalue weighted by atomic mass is 35.5. The van der Waals surface area contributed by atoms with Crippen molar-refractivity contribution >= 4 is 17.4 Å². The Balaban J connectivity index is 2.01. The van der Waals surface area contributed by atoms with Gasteiger partial charge in [0.15, 0.2) is 5.78 Å². The number of rotatable bonds is 5. The van der Waals surface area contributed by atoms with E-state index in [0.717, 1.165) is 0 Å². The van der Waals surface area contributed by atoms with Crippen molar-refractivity contribution in [2.75, 3.05) is 0 Å². The molecule has 0 aliphatic heterocycles. The second kappa shape index (κ2) is 7.76. The molecule has 0 saturated carbocycles. The standard InChI is InChI=1S/C21H17ClFNO3/c1-24-12-14(4-9-21(24)27)20(26)11-18(13-2-6-16(25)7-3-13)17-8-5-15(22)10-19(17)23/h2-10,12,18,25H,11H2,1H3. The molecule has 3 aromatic rings. The number of carbonyl (C=O) groups is 1. The van der Waals surface area contributed by atoms with Crippen LogP contribution in [0.2, 0.25) is 5.02 Å². The van der Waals surface area contributed by atoms with E-state index in [1.165, 1.54) is 41.1 Å². The van der Waals surface area contributed by atoms with E-state index in [-0.39, 0.29) is 28.5 Å². The fraction of sp³-hybridized carbons (Fsp3) is 0.143. The summed E-state index contributed by atoms with van der Waals surface area (Å²) in [6, 6.07) is 13.4. The molecule has 0 saturated heterocycles. The third-order valence-corrected chi connectivity index (χ3v) is 4.67. The van der Waals surface area contributed by atoms with Crippen molar-refractivity contribution in [1.82, 2.24) is 4.57 Å². The van der Waals surface area contributed by atoms with Crippen molar-refractivity contribution in [3.8, 4) is 5.75 Å². The van der Waals surface area contributed by atoms with E-state index in [1.807, 2.05) is 0 Å². The van der Waals surface area contributed by atoms with Gasteiger partial charge in [-0.1, -0.05) is 29.8 Å². The van der Waals surface area contributed by atoms with E-state index in [9.17, 15) is 19.1 Å². The highest BCUT2D eigenvalue weighted by Crippen LogP contribution is 2.33. The first-order valence-corrected chi connectivity index (χ1v) is 8.66. The number of nitrogens with zero attached hydrogens (tertiary/aromatic N) is 1. The number of phenolic OH excluding ortho intramolecular Hbond substituents is 1. The third kappa shape index (κ3) is 4.26. The maximum Gasteiger partial charge on any atom is 0.250 e. The number of aryl methyl sites for hydroxylation is 1. The van der Waals surface area contributed by atoms with Crippen molar-refractivity contribution in [3.63, 3.8) is 0 Å². The molecule has 0 amide bonds. The number of phenols is 1. The van der Waals surface area contributed by atoms with Crippen molar-refractivity contribution in [2.24, 2.45) is 7.05 Å². The van der Waals surface area contributed by atoms with Gasteiger partial charge in [-0.3, -0.25) is 9.59 Å². The van der Waals surface area contributed by atoms with E-state index in [0.29, 0.717) is 16.7 Å². The predicted octanol–water partition coefficient (Wildman–Crippen LogP) is 4.29. The van der Waals surface area contributed by atoms with Crippen molar-refractivity contribution < 1.29 is 14.3 Å². The molecular formula is C21H17ClFNO3. The molecule has 0 bridgehead atoms. The number of benzene rings is 2. The van der Waals surface area contributed by atoms with Crippen LogP contribution in [0.5, 0.6) is 5.75 Å². The molecule has 27 heavy (non-hydrogen) atoms. The van der Waals surface area contributed by atoms with Gasteiger partial charge in [-0.05, 0) is 41.5 Å². The number of hydrogen-bond donors (Lipinski definition) is 1. The van der Waals surface area contributed by atoms with Gasteiger partial charge in [-0.2, -0.15) is 0 Å². The molecule has 3 rings (SSSR count). The lowest BCUT2D eigenvalue weighted by molar-refractivity contribution is 0.0976. The third-order valence-electron chi connectivity index (χ3n) is 4.43. The number of ketones is 1. The van der Waals surface area contributed by atoms with Crippen LogP contribution in [0.3, 0.4) is 0 Å². The average Bonchev–Trinajstić information content (AvgIpc) is 2.63. The van der Waals surface area contributed by atoms with Crippen LogP contribution in [0, 0.1) is 5.82 Å². The van der Waals surface area contributed by atoms with Gasteiger partial charge in [0.1, 0.15) is 11.6 Å². The van der Waals surface area contributed by atoms with Gasteiger partial charge in [0.05, 0.1) is 0 Å². The van der Waals surface area contributed by atoms with Crippen LogP contribution in [0.4, 0.5) is 4.39 Å². The van der Waals surface area contributed by atoms with Gasteiger partial charge in [-0.25, -0.2) is 4.39 Å². The molecule has 6 heteroatoms. The van der Waals surface area contributed by atoms with E-state index in [1.54, 1.807) is 31.3 Å². The van der Waals surface area contributed by atoms with Gasteiger partial charge >= 0.3 is 0 Å². The minimum Gasteiger partial charge on any atom is -0.508 e. The fourth-order valence-corrected chi connectivity index (χ4v) is 3.12. The minimum atomic E-state index is -0.562. The monoisotopic (exact) mass is 385 g/mol. The zero-order chi connectivity index (χ0) is 19.6. The molecule has 0 spiro atoms. The largest absolute Gasteiger partial charge is 0.508 e. The quantitative estimate of drug-likeness (QED) is 0.666. The Morgan fingerprint density at radius 3 is 2.48 bits per heavy atom. The lowest BCUT2D eigenvalue weighted by Crippen LogP contribution is -2.17. The van der Waals surface area contributed by atoms with Crippen molar-refractivity contribution in [3.05, 3.63) is 98.7 Å². The molecule has 0 aliphatic rings. The maximum atomic E-state index is 14.5. The zero-order valence-corrected chi connectivity index (χ0v) is 15.3. The highest BCUT2D eigenvalue weighted by molar-refractivity contribution is 6.30. The molecule has 1 heterocycles. The number of Topliss-reactive ketones (excluding diaryl/α,β-unsaturated/α-hetero) is 1. The summed E-state index contributed by atoms with van der Waals surface area (Å²) in [4.78, 5) is 24.3. The van der Waals surface area contributed by atoms with Gasteiger partial charge in [-0.15, -0.1) is 0 Å². The van der Waals surface area contributed by atoms with Gasteiger partial charge in [0.25, 0.3) is 0 Å². The number of aromatic nitrogens is 1. The average molecular weight is 386 g/mol. The van der Waals surface area contributed by atoms with E-state index >= 15 is 0 Å². The Bertz CT molecular complexity index is 1040. The van der Waals surface area contributed by atoms with Crippen LogP contribution in [-0.2, 0) is 7.05 Å². The molecule has 1 unspecified atom stereocenters. The van der Waals surface area contributed by atoms with Gasteiger partial charge in [0.2, 0.25) is 5.56 Å². The van der Waals surface area contributed by atoms with Crippen LogP contribution >= 0.6 is 11.6 Å². The normalized spacial score (nSPS) is 12.0. The van der Waals surface area contributed by atoms with Crippen molar-refractivity contribution in [2.45, 2.75) is 12.3 Å². The number of carbonyl (C=O) groups excluding carboxylic acids is 1. The number of pyridine rings is 1. The Labute approximate surface area is 160 Å². The lowest BCUT2D eigenvalue weighted by Gasteiger charge is -2.19. The van der Waals surface area contributed by atoms with Crippen LogP contribution in [-0.4, -0.2) is 15.5 Å². The van der Waals surface area contributed by atoms with E-state index in [4.69, 9.17) is 11.6 Å². The Kier molecular flexibility index (Phi) is 5.42. The van der Waals surface area contributed by atoms with E-state index in [2.05, 4.69) is 0 Å². The maximum absolute atomic E-state index is 14.5. The molecule has 0 fully saturated rings. The van der Waals surface area contributed by atoms with Gasteiger partial charge in [0, 0.05) is 42.2 Å². The minimum absolute atomic E-state index is 0.00152. The summed E-state index contributed by atoms with van der Waals surface area (Å²) in [5.41, 5.74) is 1.18. The summed E-state index contributed by atoms with van der Waals surface area (Å²) in [5, 5.41) is 9.79. The Morgan fingerprint density at radius 1 is 1.15 bits per heavy atom. The summed E-state index contributed by atoms with van der Waals surface area (Å²) in [7, 11) is 1.56. The van der Waals surface area contributed by atoms with Crippen LogP contribution in [0.1, 0.15) is 33.8 Å². The fourth-order valence-electron chi connectivity index (χ4n) is 2.96. The van der Waals surface area contributed by atoms with Gasteiger partial charge < -0.3 is 9.67 Å². The van der Waals surface area contributed by atoms with Crippen LogP contribution in [0.15, 0.2) is 65.6 Å². The first kappa shape index (κ1) is 18.9. The molecular weight excluding hydrogens is 369 g/mol. The van der Waals surface area contributed by atoms with Crippen molar-refractivity contribution in [1.29, 1.82) is 0 Å².